The maximum Gasteiger partial charge on any atom is 0.351 e. The molecule has 1 aliphatic heterocycles. The van der Waals surface area contributed by atoms with Crippen molar-refractivity contribution < 1.29 is 18.7 Å². The average molecular weight is 497 g/mol. The standard InChI is InChI=1S/C27H33FN4O4/c1-19(2)16-23(33)18-31-26(21-6-9-24(28)25(17-21)35-3)29-32(27(31)34)22-7-4-20(5-8-22)10-11-30-12-14-36-15-13-30/h4-9,17,19H,10-16,18H2,1-3H3. The van der Waals surface area contributed by atoms with Gasteiger partial charge in [-0.2, -0.15) is 4.68 Å². The highest BCUT2D eigenvalue weighted by Crippen LogP contribution is 2.25. The highest BCUT2D eigenvalue weighted by atomic mass is 19.1. The summed E-state index contributed by atoms with van der Waals surface area (Å²) in [5.74, 6) is -0.0906. The molecule has 1 aliphatic rings. The van der Waals surface area contributed by atoms with E-state index in [2.05, 4.69) is 10.00 Å². The first kappa shape index (κ1) is 25.8. The summed E-state index contributed by atoms with van der Waals surface area (Å²) in [7, 11) is 1.38. The molecular weight excluding hydrogens is 463 g/mol. The number of carbonyl (C=O) groups is 1. The van der Waals surface area contributed by atoms with Crippen LogP contribution < -0.4 is 10.4 Å². The van der Waals surface area contributed by atoms with Gasteiger partial charge in [-0.25, -0.2) is 9.18 Å². The average Bonchev–Trinajstić information content (AvgIpc) is 3.19. The quantitative estimate of drug-likeness (QED) is 0.429. The van der Waals surface area contributed by atoms with Gasteiger partial charge in [-0.3, -0.25) is 14.3 Å². The Labute approximate surface area is 210 Å². The number of hydrogen-bond acceptors (Lipinski definition) is 6. The molecule has 0 aliphatic carbocycles. The Morgan fingerprint density at radius 1 is 1.14 bits per heavy atom. The van der Waals surface area contributed by atoms with Crippen LogP contribution in [0, 0.1) is 11.7 Å². The Bertz CT molecular complexity index is 1240. The molecule has 0 saturated carbocycles. The number of methoxy groups -OCH3 is 1. The van der Waals surface area contributed by atoms with E-state index in [9.17, 15) is 14.0 Å². The molecule has 8 nitrogen and oxygen atoms in total. The molecular formula is C27H33FN4O4. The second-order valence-electron chi connectivity index (χ2n) is 9.46. The number of carbonyl (C=O) groups excluding carboxylic acids is 1. The normalized spacial score (nSPS) is 14.4. The van der Waals surface area contributed by atoms with Gasteiger partial charge < -0.3 is 9.47 Å². The first-order valence-electron chi connectivity index (χ1n) is 12.3. The van der Waals surface area contributed by atoms with Crippen LogP contribution in [0.5, 0.6) is 5.75 Å². The Hall–Kier alpha value is -3.30. The number of morpholine rings is 1. The van der Waals surface area contributed by atoms with Gasteiger partial charge in [0.2, 0.25) is 0 Å². The number of benzene rings is 2. The van der Waals surface area contributed by atoms with E-state index in [0.717, 1.165) is 44.8 Å². The largest absolute Gasteiger partial charge is 0.494 e. The highest BCUT2D eigenvalue weighted by molar-refractivity contribution is 5.79. The molecule has 192 valence electrons. The zero-order chi connectivity index (χ0) is 25.7. The molecule has 1 aromatic heterocycles. The topological polar surface area (TPSA) is 78.6 Å². The molecule has 2 heterocycles. The van der Waals surface area contributed by atoms with Crippen molar-refractivity contribution in [3.8, 4) is 22.8 Å². The van der Waals surface area contributed by atoms with Gasteiger partial charge in [-0.15, -0.1) is 5.10 Å². The zero-order valence-electron chi connectivity index (χ0n) is 21.1. The molecule has 0 unspecified atom stereocenters. The van der Waals surface area contributed by atoms with Crippen molar-refractivity contribution in [1.82, 2.24) is 19.2 Å². The second kappa shape index (κ2) is 11.6. The Morgan fingerprint density at radius 3 is 2.53 bits per heavy atom. The van der Waals surface area contributed by atoms with Crippen LogP contribution in [0.2, 0.25) is 0 Å². The van der Waals surface area contributed by atoms with Crippen LogP contribution in [0.4, 0.5) is 4.39 Å². The molecule has 36 heavy (non-hydrogen) atoms. The molecule has 0 spiro atoms. The maximum atomic E-state index is 14.0. The molecule has 4 rings (SSSR count). The molecule has 0 radical (unpaired) electrons. The number of ketones is 1. The minimum atomic E-state index is -0.516. The second-order valence-corrected chi connectivity index (χ2v) is 9.46. The van der Waals surface area contributed by atoms with Gasteiger partial charge >= 0.3 is 5.69 Å². The van der Waals surface area contributed by atoms with E-state index in [1.165, 1.54) is 34.6 Å². The lowest BCUT2D eigenvalue weighted by atomic mass is 10.1. The fourth-order valence-corrected chi connectivity index (χ4v) is 4.33. The molecule has 0 N–H and O–H groups in total. The Morgan fingerprint density at radius 2 is 1.86 bits per heavy atom. The number of rotatable bonds is 10. The van der Waals surface area contributed by atoms with Gasteiger partial charge in [0, 0.05) is 31.6 Å². The molecule has 3 aromatic rings. The van der Waals surface area contributed by atoms with Crippen LogP contribution in [0.1, 0.15) is 25.8 Å². The zero-order valence-corrected chi connectivity index (χ0v) is 21.1. The van der Waals surface area contributed by atoms with Crippen molar-refractivity contribution in [3.63, 3.8) is 0 Å². The van der Waals surface area contributed by atoms with Crippen LogP contribution in [-0.2, 0) is 22.5 Å². The number of ether oxygens (including phenoxy) is 2. The number of halogens is 1. The third kappa shape index (κ3) is 6.09. The molecule has 0 atom stereocenters. The lowest BCUT2D eigenvalue weighted by molar-refractivity contribution is -0.120. The fraction of sp³-hybridized carbons (Fsp3) is 0.444. The first-order valence-corrected chi connectivity index (χ1v) is 12.3. The van der Waals surface area contributed by atoms with Crippen molar-refractivity contribution in [2.75, 3.05) is 40.0 Å². The lowest BCUT2D eigenvalue weighted by Gasteiger charge is -2.26. The van der Waals surface area contributed by atoms with Crippen LogP contribution in [0.3, 0.4) is 0 Å². The van der Waals surface area contributed by atoms with E-state index in [4.69, 9.17) is 9.47 Å². The van der Waals surface area contributed by atoms with Gasteiger partial charge in [-0.1, -0.05) is 26.0 Å². The summed E-state index contributed by atoms with van der Waals surface area (Å²) in [6.07, 6.45) is 1.25. The Kier molecular flexibility index (Phi) is 8.32. The summed E-state index contributed by atoms with van der Waals surface area (Å²) in [6.45, 7) is 8.18. The minimum absolute atomic E-state index is 0.0409. The van der Waals surface area contributed by atoms with Gasteiger partial charge in [0.15, 0.2) is 23.2 Å². The summed E-state index contributed by atoms with van der Waals surface area (Å²) in [6, 6.07) is 12.0. The molecule has 1 saturated heterocycles. The number of aromatic nitrogens is 3. The van der Waals surface area contributed by atoms with Gasteiger partial charge in [0.1, 0.15) is 0 Å². The van der Waals surface area contributed by atoms with E-state index in [-0.39, 0.29) is 29.8 Å². The number of nitrogens with zero attached hydrogens (tertiary/aromatic N) is 4. The SMILES string of the molecule is COc1cc(-c2nn(-c3ccc(CCN4CCOCC4)cc3)c(=O)n2CC(=O)CC(C)C)ccc1F. The monoisotopic (exact) mass is 496 g/mol. The number of hydrogen-bond donors (Lipinski definition) is 0. The smallest absolute Gasteiger partial charge is 0.351 e. The van der Waals surface area contributed by atoms with E-state index >= 15 is 0 Å². The molecule has 0 amide bonds. The summed E-state index contributed by atoms with van der Waals surface area (Å²) < 4.78 is 27.2. The summed E-state index contributed by atoms with van der Waals surface area (Å²) >= 11 is 0. The molecule has 9 heteroatoms. The van der Waals surface area contributed by atoms with Crippen molar-refractivity contribution >= 4 is 5.78 Å². The molecule has 1 fully saturated rings. The van der Waals surface area contributed by atoms with Crippen LogP contribution >= 0.6 is 0 Å². The highest BCUT2D eigenvalue weighted by Gasteiger charge is 2.20. The van der Waals surface area contributed by atoms with Crippen molar-refractivity contribution in [2.45, 2.75) is 33.2 Å². The van der Waals surface area contributed by atoms with E-state index in [0.29, 0.717) is 17.7 Å². The lowest BCUT2D eigenvalue weighted by Crippen LogP contribution is -2.37. The van der Waals surface area contributed by atoms with E-state index in [1.807, 2.05) is 38.1 Å². The number of Topliss-reactive ketones (excluding diaryl/α,β-unsaturated/α-hetero) is 1. The third-order valence-corrected chi connectivity index (χ3v) is 6.24. The van der Waals surface area contributed by atoms with Crippen LogP contribution in [0.25, 0.3) is 17.1 Å². The fourth-order valence-electron chi connectivity index (χ4n) is 4.33. The van der Waals surface area contributed by atoms with Gasteiger partial charge in [0.05, 0.1) is 32.6 Å². The van der Waals surface area contributed by atoms with Crippen molar-refractivity contribution in [1.29, 1.82) is 0 Å². The summed E-state index contributed by atoms with van der Waals surface area (Å²) in [5.41, 5.74) is 1.82. The molecule has 0 bridgehead atoms. The van der Waals surface area contributed by atoms with Gasteiger partial charge in [-0.05, 0) is 48.2 Å². The van der Waals surface area contributed by atoms with Crippen LogP contribution in [0.15, 0.2) is 47.3 Å². The molecule has 2 aromatic carbocycles. The van der Waals surface area contributed by atoms with E-state index < -0.39 is 11.5 Å². The van der Waals surface area contributed by atoms with Gasteiger partial charge in [0.25, 0.3) is 0 Å². The van der Waals surface area contributed by atoms with Crippen LogP contribution in [-0.4, -0.2) is 65.0 Å². The predicted molar refractivity (Wildman–Crippen MR) is 135 cm³/mol. The Balaban J connectivity index is 1.63. The minimum Gasteiger partial charge on any atom is -0.494 e. The summed E-state index contributed by atoms with van der Waals surface area (Å²) in [4.78, 5) is 28.4. The van der Waals surface area contributed by atoms with Crippen molar-refractivity contribution in [3.05, 3.63) is 64.3 Å². The summed E-state index contributed by atoms with van der Waals surface area (Å²) in [5, 5.41) is 4.55. The first-order chi connectivity index (χ1) is 17.4. The maximum absolute atomic E-state index is 14.0. The van der Waals surface area contributed by atoms with Crippen molar-refractivity contribution in [2.24, 2.45) is 5.92 Å². The predicted octanol–water partition coefficient (Wildman–Crippen LogP) is 3.34. The third-order valence-electron chi connectivity index (χ3n) is 6.24. The van der Waals surface area contributed by atoms with E-state index in [1.54, 1.807) is 0 Å².